The van der Waals surface area contributed by atoms with E-state index in [1.54, 1.807) is 0 Å². The number of rotatable bonds is 6. The number of ether oxygens (including phenoxy) is 1. The molecule has 2 nitrogen and oxygen atoms in total. The smallest absolute Gasteiger partial charge is 0.119 e. The van der Waals surface area contributed by atoms with Gasteiger partial charge in [0.1, 0.15) is 11.9 Å². The zero-order valence-electron chi connectivity index (χ0n) is 10.5. The van der Waals surface area contributed by atoms with Gasteiger partial charge < -0.3 is 9.64 Å². The van der Waals surface area contributed by atoms with Crippen LogP contribution in [-0.2, 0) is 0 Å². The van der Waals surface area contributed by atoms with Crippen molar-refractivity contribution >= 4 is 15.9 Å². The van der Waals surface area contributed by atoms with Crippen LogP contribution in [0, 0.1) is 5.92 Å². The van der Waals surface area contributed by atoms with Gasteiger partial charge in [0.15, 0.2) is 0 Å². The Hall–Kier alpha value is -0.540. The summed E-state index contributed by atoms with van der Waals surface area (Å²) in [6.07, 6.45) is 4.16. The monoisotopic (exact) mass is 297 g/mol. The predicted octanol–water partition coefficient (Wildman–Crippen LogP) is 3.56. The number of nitrogens with zero attached hydrogens (tertiary/aromatic N) is 1. The lowest BCUT2D eigenvalue weighted by Crippen LogP contribution is -2.25. The van der Waals surface area contributed by atoms with Gasteiger partial charge in [-0.05, 0) is 63.5 Å². The van der Waals surface area contributed by atoms with Crippen LogP contribution in [0.2, 0.25) is 0 Å². The fourth-order valence-electron chi connectivity index (χ4n) is 1.93. The molecule has 0 heterocycles. The lowest BCUT2D eigenvalue weighted by molar-refractivity contribution is 0.155. The second-order valence-corrected chi connectivity index (χ2v) is 5.96. The summed E-state index contributed by atoms with van der Waals surface area (Å²) in [5, 5.41) is 0. The number of hydrogen-bond acceptors (Lipinski definition) is 2. The summed E-state index contributed by atoms with van der Waals surface area (Å²) in [5.41, 5.74) is 0. The van der Waals surface area contributed by atoms with Crippen molar-refractivity contribution in [2.45, 2.75) is 25.4 Å². The molecule has 1 aliphatic carbocycles. The molecule has 94 valence electrons. The molecule has 0 aromatic heterocycles. The summed E-state index contributed by atoms with van der Waals surface area (Å²) >= 11 is 3.44. The van der Waals surface area contributed by atoms with Gasteiger partial charge >= 0.3 is 0 Å². The highest BCUT2D eigenvalue weighted by Crippen LogP contribution is 2.36. The normalized spacial score (nSPS) is 17.2. The highest BCUT2D eigenvalue weighted by Gasteiger charge is 2.32. The molecule has 1 aromatic rings. The summed E-state index contributed by atoms with van der Waals surface area (Å²) in [5.74, 6) is 1.77. The van der Waals surface area contributed by atoms with E-state index >= 15 is 0 Å². The molecule has 0 aliphatic heterocycles. The third-order valence-electron chi connectivity index (χ3n) is 3.11. The van der Waals surface area contributed by atoms with Crippen LogP contribution in [0.3, 0.4) is 0 Å². The second kappa shape index (κ2) is 5.87. The Bertz CT molecular complexity index is 346. The van der Waals surface area contributed by atoms with Crippen molar-refractivity contribution in [2.24, 2.45) is 5.92 Å². The molecule has 0 radical (unpaired) electrons. The average molecular weight is 298 g/mol. The largest absolute Gasteiger partial charge is 0.490 e. The predicted molar refractivity (Wildman–Crippen MR) is 74.5 cm³/mol. The fraction of sp³-hybridized carbons (Fsp3) is 0.571. The summed E-state index contributed by atoms with van der Waals surface area (Å²) in [4.78, 5) is 2.22. The first-order valence-electron chi connectivity index (χ1n) is 6.22. The zero-order valence-corrected chi connectivity index (χ0v) is 12.1. The van der Waals surface area contributed by atoms with Gasteiger partial charge in [-0.15, -0.1) is 0 Å². The van der Waals surface area contributed by atoms with E-state index in [4.69, 9.17) is 4.74 Å². The molecule has 2 rings (SSSR count). The van der Waals surface area contributed by atoms with E-state index in [0.29, 0.717) is 6.10 Å². The van der Waals surface area contributed by atoms with Crippen molar-refractivity contribution in [3.63, 3.8) is 0 Å². The van der Waals surface area contributed by atoms with Gasteiger partial charge in [-0.2, -0.15) is 0 Å². The van der Waals surface area contributed by atoms with Crippen molar-refractivity contribution < 1.29 is 4.74 Å². The minimum absolute atomic E-state index is 0.388. The third-order valence-corrected chi connectivity index (χ3v) is 3.64. The molecule has 1 aliphatic rings. The summed E-state index contributed by atoms with van der Waals surface area (Å²) in [6, 6.07) is 8.14. The average Bonchev–Trinajstić information content (AvgIpc) is 3.10. The van der Waals surface area contributed by atoms with Crippen LogP contribution in [0.1, 0.15) is 19.3 Å². The number of hydrogen-bond donors (Lipinski definition) is 0. The van der Waals surface area contributed by atoms with Crippen LogP contribution in [0.15, 0.2) is 28.7 Å². The molecule has 1 atom stereocenters. The zero-order chi connectivity index (χ0) is 12.3. The maximum Gasteiger partial charge on any atom is 0.119 e. The van der Waals surface area contributed by atoms with Crippen molar-refractivity contribution in [2.75, 3.05) is 20.6 Å². The molecule has 1 fully saturated rings. The van der Waals surface area contributed by atoms with Gasteiger partial charge in [0.25, 0.3) is 0 Å². The summed E-state index contributed by atoms with van der Waals surface area (Å²) in [7, 11) is 4.23. The topological polar surface area (TPSA) is 12.5 Å². The van der Waals surface area contributed by atoms with Crippen LogP contribution >= 0.6 is 15.9 Å². The molecule has 17 heavy (non-hydrogen) atoms. The Morgan fingerprint density at radius 3 is 2.47 bits per heavy atom. The molecule has 0 N–H and O–H groups in total. The molecule has 1 aromatic carbocycles. The van der Waals surface area contributed by atoms with Gasteiger partial charge in [-0.3, -0.25) is 0 Å². The lowest BCUT2D eigenvalue weighted by Gasteiger charge is -2.20. The maximum atomic E-state index is 6.10. The highest BCUT2D eigenvalue weighted by molar-refractivity contribution is 9.10. The van der Waals surface area contributed by atoms with Gasteiger partial charge in [0.2, 0.25) is 0 Å². The van der Waals surface area contributed by atoms with Gasteiger partial charge in [0, 0.05) is 11.0 Å². The fourth-order valence-corrected chi connectivity index (χ4v) is 2.20. The lowest BCUT2D eigenvalue weighted by atomic mass is 10.1. The van der Waals surface area contributed by atoms with Crippen LogP contribution in [-0.4, -0.2) is 31.6 Å². The quantitative estimate of drug-likeness (QED) is 0.796. The molecule has 0 spiro atoms. The van der Waals surface area contributed by atoms with Gasteiger partial charge in [-0.25, -0.2) is 0 Å². The van der Waals surface area contributed by atoms with Gasteiger partial charge in [-0.1, -0.05) is 15.9 Å². The Morgan fingerprint density at radius 2 is 1.94 bits per heavy atom. The SMILES string of the molecule is CN(C)CCC(Oc1ccc(Br)cc1)C1CC1. The molecule has 0 amide bonds. The molecular weight excluding hydrogens is 278 g/mol. The molecule has 1 saturated carbocycles. The Kier molecular flexibility index (Phi) is 4.46. The van der Waals surface area contributed by atoms with E-state index < -0.39 is 0 Å². The summed E-state index contributed by atoms with van der Waals surface area (Å²) in [6.45, 7) is 1.09. The molecular formula is C14H20BrNO. The minimum atomic E-state index is 0.388. The number of benzene rings is 1. The van der Waals surface area contributed by atoms with Crippen LogP contribution in [0.25, 0.3) is 0 Å². The maximum absolute atomic E-state index is 6.10. The van der Waals surface area contributed by atoms with Crippen LogP contribution in [0.4, 0.5) is 0 Å². The number of halogens is 1. The molecule has 3 heteroatoms. The first-order valence-corrected chi connectivity index (χ1v) is 7.01. The highest BCUT2D eigenvalue weighted by atomic mass is 79.9. The summed E-state index contributed by atoms with van der Waals surface area (Å²) < 4.78 is 7.19. The van der Waals surface area contributed by atoms with Crippen molar-refractivity contribution in [1.82, 2.24) is 4.90 Å². The van der Waals surface area contributed by atoms with Crippen molar-refractivity contribution in [3.8, 4) is 5.75 Å². The first-order chi connectivity index (χ1) is 8.15. The third kappa shape index (κ3) is 4.32. The van der Waals surface area contributed by atoms with E-state index in [-0.39, 0.29) is 0 Å². The van der Waals surface area contributed by atoms with Crippen LogP contribution in [0.5, 0.6) is 5.75 Å². The first kappa shape index (κ1) is 12.9. The minimum Gasteiger partial charge on any atom is -0.490 e. The van der Waals surface area contributed by atoms with E-state index in [2.05, 4.69) is 34.9 Å². The Morgan fingerprint density at radius 1 is 1.29 bits per heavy atom. The Balaban J connectivity index is 1.90. The van der Waals surface area contributed by atoms with Crippen molar-refractivity contribution in [1.29, 1.82) is 0 Å². The van der Waals surface area contributed by atoms with Gasteiger partial charge in [0.05, 0.1) is 0 Å². The van der Waals surface area contributed by atoms with E-state index in [9.17, 15) is 0 Å². The molecule has 1 unspecified atom stereocenters. The van der Waals surface area contributed by atoms with E-state index in [1.807, 2.05) is 24.3 Å². The Labute approximate surface area is 112 Å². The molecule has 0 bridgehead atoms. The van der Waals surface area contributed by atoms with Crippen molar-refractivity contribution in [3.05, 3.63) is 28.7 Å². The van der Waals surface area contributed by atoms with Crippen LogP contribution < -0.4 is 4.74 Å². The van der Waals surface area contributed by atoms with E-state index in [1.165, 1.54) is 12.8 Å². The second-order valence-electron chi connectivity index (χ2n) is 5.04. The molecule has 0 saturated heterocycles. The van der Waals surface area contributed by atoms with E-state index in [0.717, 1.165) is 29.1 Å². The standard InChI is InChI=1S/C14H20BrNO/c1-16(2)10-9-14(11-3-4-11)17-13-7-5-12(15)6-8-13/h5-8,11,14H,3-4,9-10H2,1-2H3.